The lowest BCUT2D eigenvalue weighted by atomic mass is 9.99. The second-order valence-corrected chi connectivity index (χ2v) is 6.40. The molecule has 0 saturated carbocycles. The second-order valence-electron chi connectivity index (χ2n) is 6.40. The molecule has 0 aliphatic rings. The number of hydrogen-bond acceptors (Lipinski definition) is 1. The van der Waals surface area contributed by atoms with Gasteiger partial charge in [-0.1, -0.05) is 90.5 Å². The minimum absolute atomic E-state index is 0.0269. The van der Waals surface area contributed by atoms with Gasteiger partial charge in [0.2, 0.25) is 0 Å². The molecule has 1 N–H and O–H groups in total. The first-order valence-corrected chi connectivity index (χ1v) is 8.67. The van der Waals surface area contributed by atoms with Gasteiger partial charge < -0.3 is 4.98 Å². The van der Waals surface area contributed by atoms with E-state index in [0.717, 1.165) is 22.5 Å². The van der Waals surface area contributed by atoms with Gasteiger partial charge in [-0.3, -0.25) is 4.79 Å². The van der Waals surface area contributed by atoms with Crippen LogP contribution in [0.1, 0.15) is 21.5 Å². The molecule has 0 bridgehead atoms. The predicted molar refractivity (Wildman–Crippen MR) is 106 cm³/mol. The van der Waals surface area contributed by atoms with Crippen LogP contribution < -0.4 is 0 Å². The molecule has 0 amide bonds. The van der Waals surface area contributed by atoms with Gasteiger partial charge in [-0.25, -0.2) is 0 Å². The van der Waals surface area contributed by atoms with E-state index in [1.165, 1.54) is 5.56 Å². The van der Waals surface area contributed by atoms with E-state index >= 15 is 0 Å². The van der Waals surface area contributed by atoms with Crippen molar-refractivity contribution in [2.45, 2.75) is 6.92 Å². The number of rotatable bonds is 4. The van der Waals surface area contributed by atoms with Crippen molar-refractivity contribution in [1.29, 1.82) is 0 Å². The van der Waals surface area contributed by atoms with E-state index < -0.39 is 0 Å². The number of benzene rings is 3. The van der Waals surface area contributed by atoms with E-state index in [2.05, 4.69) is 36.2 Å². The van der Waals surface area contributed by atoms with Crippen LogP contribution >= 0.6 is 0 Å². The number of carbonyl (C=O) groups excluding carboxylic acids is 1. The molecule has 2 heteroatoms. The lowest BCUT2D eigenvalue weighted by molar-refractivity contribution is 0.103. The van der Waals surface area contributed by atoms with E-state index in [-0.39, 0.29) is 5.78 Å². The summed E-state index contributed by atoms with van der Waals surface area (Å²) in [7, 11) is 0. The van der Waals surface area contributed by atoms with Crippen molar-refractivity contribution in [3.05, 3.63) is 108 Å². The van der Waals surface area contributed by atoms with Gasteiger partial charge in [-0.2, -0.15) is 0 Å². The zero-order chi connectivity index (χ0) is 17.9. The average Bonchev–Trinajstić information content (AvgIpc) is 3.15. The minimum Gasteiger partial charge on any atom is -0.354 e. The zero-order valence-electron chi connectivity index (χ0n) is 14.6. The van der Waals surface area contributed by atoms with Crippen LogP contribution in [-0.4, -0.2) is 10.8 Å². The highest BCUT2D eigenvalue weighted by Gasteiger charge is 2.18. The lowest BCUT2D eigenvalue weighted by Gasteiger charge is -2.04. The van der Waals surface area contributed by atoms with Gasteiger partial charge in [-0.15, -0.1) is 0 Å². The summed E-state index contributed by atoms with van der Waals surface area (Å²) < 4.78 is 0. The molecule has 3 aromatic carbocycles. The largest absolute Gasteiger partial charge is 0.354 e. The third kappa shape index (κ3) is 3.09. The van der Waals surface area contributed by atoms with Crippen molar-refractivity contribution in [3.8, 4) is 22.5 Å². The van der Waals surface area contributed by atoms with Crippen LogP contribution in [0.4, 0.5) is 0 Å². The molecule has 2 nitrogen and oxygen atoms in total. The summed E-state index contributed by atoms with van der Waals surface area (Å²) >= 11 is 0. The SMILES string of the molecule is Cc1ccc(-c2cc(C(=O)c3ccccc3)c(-c3ccccc3)[nH]2)cc1. The topological polar surface area (TPSA) is 32.9 Å². The molecule has 1 heterocycles. The van der Waals surface area contributed by atoms with Crippen molar-refractivity contribution < 1.29 is 4.79 Å². The standard InChI is InChI=1S/C24H19NO/c1-17-12-14-18(15-13-17)22-16-21(24(26)20-10-6-3-7-11-20)23(25-22)19-8-4-2-5-9-19/h2-16,25H,1H3. The van der Waals surface area contributed by atoms with Gasteiger partial charge in [0.1, 0.15) is 0 Å². The Balaban J connectivity index is 1.86. The highest BCUT2D eigenvalue weighted by molar-refractivity contribution is 6.13. The summed E-state index contributed by atoms with van der Waals surface area (Å²) in [5.74, 6) is 0.0269. The Morgan fingerprint density at radius 1 is 0.731 bits per heavy atom. The van der Waals surface area contributed by atoms with E-state index in [4.69, 9.17) is 0 Å². The smallest absolute Gasteiger partial charge is 0.195 e. The molecule has 0 atom stereocenters. The van der Waals surface area contributed by atoms with Crippen LogP contribution in [0.2, 0.25) is 0 Å². The highest BCUT2D eigenvalue weighted by atomic mass is 16.1. The average molecular weight is 337 g/mol. The maximum Gasteiger partial charge on any atom is 0.195 e. The van der Waals surface area contributed by atoms with Crippen LogP contribution in [-0.2, 0) is 0 Å². The number of aromatic amines is 1. The highest BCUT2D eigenvalue weighted by Crippen LogP contribution is 2.30. The summed E-state index contributed by atoms with van der Waals surface area (Å²) in [6, 6.07) is 29.7. The molecule has 0 aliphatic carbocycles. The van der Waals surface area contributed by atoms with Crippen molar-refractivity contribution in [2.75, 3.05) is 0 Å². The molecule has 1 aromatic heterocycles. The third-order valence-corrected chi connectivity index (χ3v) is 4.52. The molecule has 0 unspecified atom stereocenters. The van der Waals surface area contributed by atoms with Crippen molar-refractivity contribution in [1.82, 2.24) is 4.98 Å². The predicted octanol–water partition coefficient (Wildman–Crippen LogP) is 5.89. The first-order valence-electron chi connectivity index (χ1n) is 8.67. The fourth-order valence-electron chi connectivity index (χ4n) is 3.10. The summed E-state index contributed by atoms with van der Waals surface area (Å²) in [4.78, 5) is 16.6. The van der Waals surface area contributed by atoms with Gasteiger partial charge in [0.25, 0.3) is 0 Å². The number of nitrogens with one attached hydrogen (secondary N) is 1. The Labute approximate surface area is 153 Å². The number of hydrogen-bond donors (Lipinski definition) is 1. The fraction of sp³-hybridized carbons (Fsp3) is 0.0417. The molecular weight excluding hydrogens is 318 g/mol. The molecule has 4 aromatic rings. The van der Waals surface area contributed by atoms with Crippen LogP contribution in [0.15, 0.2) is 91.0 Å². The van der Waals surface area contributed by atoms with E-state index in [0.29, 0.717) is 11.1 Å². The van der Waals surface area contributed by atoms with E-state index in [9.17, 15) is 4.79 Å². The summed E-state index contributed by atoms with van der Waals surface area (Å²) in [5, 5.41) is 0. The number of aryl methyl sites for hydroxylation is 1. The first-order chi connectivity index (χ1) is 12.7. The summed E-state index contributed by atoms with van der Waals surface area (Å²) in [6.07, 6.45) is 0. The Morgan fingerprint density at radius 3 is 2.00 bits per heavy atom. The monoisotopic (exact) mass is 337 g/mol. The van der Waals surface area contributed by atoms with Gasteiger partial charge in [0.15, 0.2) is 5.78 Å². The molecule has 126 valence electrons. The van der Waals surface area contributed by atoms with E-state index in [1.54, 1.807) is 0 Å². The molecular formula is C24H19NO. The van der Waals surface area contributed by atoms with Gasteiger partial charge in [0, 0.05) is 16.8 Å². The maximum atomic E-state index is 13.1. The molecule has 0 fully saturated rings. The molecule has 4 rings (SSSR count). The fourth-order valence-corrected chi connectivity index (χ4v) is 3.10. The van der Waals surface area contributed by atoms with Crippen molar-refractivity contribution in [3.63, 3.8) is 0 Å². The van der Waals surface area contributed by atoms with Crippen LogP contribution in [0.5, 0.6) is 0 Å². The van der Waals surface area contributed by atoms with Crippen molar-refractivity contribution >= 4 is 5.78 Å². The van der Waals surface area contributed by atoms with Crippen LogP contribution in [0.3, 0.4) is 0 Å². The van der Waals surface area contributed by atoms with Crippen LogP contribution in [0, 0.1) is 6.92 Å². The molecule has 0 spiro atoms. The molecule has 26 heavy (non-hydrogen) atoms. The van der Waals surface area contributed by atoms with Crippen molar-refractivity contribution in [2.24, 2.45) is 0 Å². The zero-order valence-corrected chi connectivity index (χ0v) is 14.6. The number of ketones is 1. The Kier molecular flexibility index (Phi) is 4.24. The minimum atomic E-state index is 0.0269. The Hall–Kier alpha value is -3.39. The summed E-state index contributed by atoms with van der Waals surface area (Å²) in [6.45, 7) is 2.07. The summed E-state index contributed by atoms with van der Waals surface area (Å²) in [5.41, 5.74) is 6.48. The molecule has 0 aliphatic heterocycles. The van der Waals surface area contributed by atoms with Gasteiger partial charge in [-0.05, 0) is 24.1 Å². The second kappa shape index (κ2) is 6.85. The van der Waals surface area contributed by atoms with Gasteiger partial charge in [0.05, 0.1) is 5.69 Å². The van der Waals surface area contributed by atoms with Crippen LogP contribution in [0.25, 0.3) is 22.5 Å². The number of carbonyl (C=O) groups is 1. The maximum absolute atomic E-state index is 13.1. The lowest BCUT2D eigenvalue weighted by Crippen LogP contribution is -2.01. The number of aromatic nitrogens is 1. The number of H-pyrrole nitrogens is 1. The first kappa shape index (κ1) is 16.1. The Morgan fingerprint density at radius 2 is 1.35 bits per heavy atom. The molecule has 0 saturated heterocycles. The third-order valence-electron chi connectivity index (χ3n) is 4.52. The normalized spacial score (nSPS) is 10.7. The van der Waals surface area contributed by atoms with Gasteiger partial charge >= 0.3 is 0 Å². The van der Waals surface area contributed by atoms with E-state index in [1.807, 2.05) is 66.7 Å². The molecule has 0 radical (unpaired) electrons. The Bertz CT molecular complexity index is 1030. The quantitative estimate of drug-likeness (QED) is 0.463.